The van der Waals surface area contributed by atoms with Crippen molar-refractivity contribution < 1.29 is 4.74 Å². The second-order valence-corrected chi connectivity index (χ2v) is 6.00. The third kappa shape index (κ3) is 1.61. The number of aromatic nitrogens is 2. The Labute approximate surface area is 137 Å². The Balaban J connectivity index is 2.11. The Kier molecular flexibility index (Phi) is 2.67. The quantitative estimate of drug-likeness (QED) is 0.498. The van der Waals surface area contributed by atoms with Crippen molar-refractivity contribution in [1.29, 1.82) is 0 Å². The SMILES string of the molecule is COCc1ccc2c3c1cccc3c(=O)n1c3ccccc3nc21. The molecule has 0 aliphatic heterocycles. The van der Waals surface area contributed by atoms with E-state index in [-0.39, 0.29) is 5.56 Å². The summed E-state index contributed by atoms with van der Waals surface area (Å²) in [6, 6.07) is 17.7. The minimum Gasteiger partial charge on any atom is -0.380 e. The molecule has 0 N–H and O–H groups in total. The average molecular weight is 314 g/mol. The summed E-state index contributed by atoms with van der Waals surface area (Å²) in [6.07, 6.45) is 0. The fourth-order valence-electron chi connectivity index (χ4n) is 3.65. The molecular weight excluding hydrogens is 300 g/mol. The monoisotopic (exact) mass is 314 g/mol. The Morgan fingerprint density at radius 2 is 1.79 bits per heavy atom. The number of pyridine rings is 1. The van der Waals surface area contributed by atoms with Gasteiger partial charge in [0.2, 0.25) is 0 Å². The van der Waals surface area contributed by atoms with Crippen LogP contribution >= 0.6 is 0 Å². The summed E-state index contributed by atoms with van der Waals surface area (Å²) in [4.78, 5) is 17.8. The number of nitrogens with zero attached hydrogens (tertiary/aromatic N) is 2. The topological polar surface area (TPSA) is 43.6 Å². The van der Waals surface area contributed by atoms with E-state index >= 15 is 0 Å². The number of para-hydroxylation sites is 2. The van der Waals surface area contributed by atoms with Crippen LogP contribution in [0.1, 0.15) is 5.56 Å². The number of imidazole rings is 1. The van der Waals surface area contributed by atoms with Crippen molar-refractivity contribution in [2.24, 2.45) is 0 Å². The van der Waals surface area contributed by atoms with Gasteiger partial charge in [0.15, 0.2) is 0 Å². The molecule has 4 heteroatoms. The first kappa shape index (κ1) is 13.5. The van der Waals surface area contributed by atoms with Gasteiger partial charge in [0.25, 0.3) is 5.56 Å². The van der Waals surface area contributed by atoms with Gasteiger partial charge in [0, 0.05) is 23.3 Å². The van der Waals surface area contributed by atoms with Gasteiger partial charge >= 0.3 is 0 Å². The molecule has 0 bridgehead atoms. The molecule has 24 heavy (non-hydrogen) atoms. The number of ether oxygens (including phenoxy) is 1. The van der Waals surface area contributed by atoms with Crippen molar-refractivity contribution in [1.82, 2.24) is 9.38 Å². The lowest BCUT2D eigenvalue weighted by Gasteiger charge is -2.11. The first-order valence-corrected chi connectivity index (χ1v) is 7.85. The van der Waals surface area contributed by atoms with E-state index in [0.717, 1.165) is 38.1 Å². The molecular formula is C20H14N2O2. The summed E-state index contributed by atoms with van der Waals surface area (Å²) in [5.74, 6) is 0. The predicted octanol–water partition coefficient (Wildman–Crippen LogP) is 3.74. The second kappa shape index (κ2) is 4.76. The van der Waals surface area contributed by atoms with Gasteiger partial charge in [-0.25, -0.2) is 4.98 Å². The number of rotatable bonds is 2. The molecule has 2 aromatic heterocycles. The molecule has 5 aromatic rings. The van der Waals surface area contributed by atoms with Crippen LogP contribution in [-0.4, -0.2) is 16.5 Å². The van der Waals surface area contributed by atoms with E-state index in [1.54, 1.807) is 11.5 Å². The highest BCUT2D eigenvalue weighted by Gasteiger charge is 2.16. The lowest BCUT2D eigenvalue weighted by Crippen LogP contribution is -2.13. The molecule has 2 heterocycles. The Bertz CT molecular complexity index is 1290. The molecule has 0 saturated heterocycles. The van der Waals surface area contributed by atoms with Crippen molar-refractivity contribution in [2.45, 2.75) is 6.61 Å². The van der Waals surface area contributed by atoms with Crippen molar-refractivity contribution in [3.8, 4) is 0 Å². The molecule has 5 rings (SSSR count). The number of hydrogen-bond acceptors (Lipinski definition) is 3. The molecule has 4 nitrogen and oxygen atoms in total. The van der Waals surface area contributed by atoms with Crippen LogP contribution in [0.2, 0.25) is 0 Å². The zero-order valence-electron chi connectivity index (χ0n) is 13.1. The van der Waals surface area contributed by atoms with Crippen molar-refractivity contribution in [2.75, 3.05) is 7.11 Å². The van der Waals surface area contributed by atoms with Gasteiger partial charge in [-0.15, -0.1) is 0 Å². The van der Waals surface area contributed by atoms with E-state index < -0.39 is 0 Å². The Hall–Kier alpha value is -2.98. The zero-order chi connectivity index (χ0) is 16.3. The van der Waals surface area contributed by atoms with Gasteiger partial charge in [-0.1, -0.05) is 36.4 Å². The third-order valence-corrected chi connectivity index (χ3v) is 4.67. The minimum absolute atomic E-state index is 0.0219. The molecule has 0 fully saturated rings. The molecule has 116 valence electrons. The number of benzene rings is 3. The van der Waals surface area contributed by atoms with Crippen LogP contribution in [0.15, 0.2) is 59.4 Å². The first-order valence-electron chi connectivity index (χ1n) is 7.85. The summed E-state index contributed by atoms with van der Waals surface area (Å²) in [7, 11) is 1.68. The van der Waals surface area contributed by atoms with E-state index in [1.165, 1.54) is 0 Å². The fraction of sp³-hybridized carbons (Fsp3) is 0.100. The lowest BCUT2D eigenvalue weighted by atomic mass is 9.98. The van der Waals surface area contributed by atoms with Crippen LogP contribution in [-0.2, 0) is 11.3 Å². The summed E-state index contributed by atoms with van der Waals surface area (Å²) in [6.45, 7) is 0.519. The lowest BCUT2D eigenvalue weighted by molar-refractivity contribution is 0.186. The average Bonchev–Trinajstić information content (AvgIpc) is 3.00. The molecule has 0 amide bonds. The van der Waals surface area contributed by atoms with Crippen LogP contribution in [0.4, 0.5) is 0 Å². The van der Waals surface area contributed by atoms with Gasteiger partial charge in [0.05, 0.1) is 17.6 Å². The summed E-state index contributed by atoms with van der Waals surface area (Å²) >= 11 is 0. The summed E-state index contributed by atoms with van der Waals surface area (Å²) < 4.78 is 7.03. The maximum atomic E-state index is 13.1. The maximum absolute atomic E-state index is 13.1. The molecule has 3 aromatic carbocycles. The predicted molar refractivity (Wildman–Crippen MR) is 95.9 cm³/mol. The van der Waals surface area contributed by atoms with Crippen LogP contribution in [0.3, 0.4) is 0 Å². The Morgan fingerprint density at radius 3 is 2.67 bits per heavy atom. The molecule has 0 aliphatic rings. The highest BCUT2D eigenvalue weighted by molar-refractivity contribution is 6.16. The van der Waals surface area contributed by atoms with E-state index in [9.17, 15) is 4.79 Å². The number of hydrogen-bond donors (Lipinski definition) is 0. The van der Waals surface area contributed by atoms with Crippen LogP contribution in [0, 0.1) is 0 Å². The molecule has 0 unspecified atom stereocenters. The number of methoxy groups -OCH3 is 1. The molecule has 0 saturated carbocycles. The van der Waals surface area contributed by atoms with E-state index in [0.29, 0.717) is 12.3 Å². The molecule has 0 atom stereocenters. The minimum atomic E-state index is -0.0219. The van der Waals surface area contributed by atoms with Gasteiger partial charge in [-0.2, -0.15) is 0 Å². The summed E-state index contributed by atoms with van der Waals surface area (Å²) in [5, 5.41) is 3.74. The zero-order valence-corrected chi connectivity index (χ0v) is 13.1. The number of fused-ring (bicyclic) bond motifs is 4. The normalized spacial score (nSPS) is 12.0. The van der Waals surface area contributed by atoms with Crippen molar-refractivity contribution >= 4 is 38.2 Å². The van der Waals surface area contributed by atoms with E-state index in [2.05, 4.69) is 6.07 Å². The highest BCUT2D eigenvalue weighted by Crippen LogP contribution is 2.31. The second-order valence-electron chi connectivity index (χ2n) is 6.00. The van der Waals surface area contributed by atoms with Gasteiger partial charge in [-0.3, -0.25) is 9.20 Å². The highest BCUT2D eigenvalue weighted by atomic mass is 16.5. The van der Waals surface area contributed by atoms with Crippen LogP contribution in [0.25, 0.3) is 38.2 Å². The largest absolute Gasteiger partial charge is 0.380 e. The molecule has 0 spiro atoms. The smallest absolute Gasteiger partial charge is 0.264 e. The van der Waals surface area contributed by atoms with E-state index in [1.807, 2.05) is 48.5 Å². The van der Waals surface area contributed by atoms with Crippen LogP contribution in [0.5, 0.6) is 0 Å². The third-order valence-electron chi connectivity index (χ3n) is 4.67. The molecule has 0 radical (unpaired) electrons. The van der Waals surface area contributed by atoms with Crippen molar-refractivity contribution in [3.05, 3.63) is 70.5 Å². The van der Waals surface area contributed by atoms with Crippen molar-refractivity contribution in [3.63, 3.8) is 0 Å². The van der Waals surface area contributed by atoms with Gasteiger partial charge in [0.1, 0.15) is 5.65 Å². The Morgan fingerprint density at radius 1 is 0.958 bits per heavy atom. The standard InChI is InChI=1S/C20H14N2O2/c1-24-11-12-9-10-14-18-13(12)5-4-6-15(18)20(23)22-17-8-3-2-7-16(17)21-19(14)22/h2-10H,11H2,1H3. The van der Waals surface area contributed by atoms with Gasteiger partial charge < -0.3 is 4.74 Å². The fourth-order valence-corrected chi connectivity index (χ4v) is 3.65. The van der Waals surface area contributed by atoms with E-state index in [4.69, 9.17) is 9.72 Å². The first-order chi connectivity index (χ1) is 11.8. The maximum Gasteiger partial charge on any atom is 0.264 e. The molecule has 0 aliphatic carbocycles. The van der Waals surface area contributed by atoms with Crippen LogP contribution < -0.4 is 5.56 Å². The van der Waals surface area contributed by atoms with Gasteiger partial charge in [-0.05, 0) is 29.1 Å². The summed E-state index contributed by atoms with van der Waals surface area (Å²) in [5.41, 5.74) is 3.46.